The second kappa shape index (κ2) is 6.06. The number of aromatic nitrogens is 2. The van der Waals surface area contributed by atoms with Crippen molar-refractivity contribution in [2.45, 2.75) is 51.5 Å². The predicted octanol–water partition coefficient (Wildman–Crippen LogP) is 3.50. The molecular formula is C15H23N3S. The van der Waals surface area contributed by atoms with Crippen molar-refractivity contribution >= 4 is 16.3 Å². The van der Waals surface area contributed by atoms with Gasteiger partial charge in [-0.05, 0) is 31.7 Å². The number of nitrogens with one attached hydrogen (secondary N) is 1. The maximum absolute atomic E-state index is 4.73. The van der Waals surface area contributed by atoms with Gasteiger partial charge in [0.15, 0.2) is 4.96 Å². The van der Waals surface area contributed by atoms with Crippen molar-refractivity contribution in [1.82, 2.24) is 14.7 Å². The van der Waals surface area contributed by atoms with Gasteiger partial charge in [-0.3, -0.25) is 4.40 Å². The standard InChI is InChI=1S/C15H23N3S/c1-2-16-13-6-4-3-5-12(9-13)10-14-11-18-7-8-19-15(18)17-14/h7-8,11-13,16H,2-6,9-10H2,1H3. The van der Waals surface area contributed by atoms with Crippen LogP contribution in [0.5, 0.6) is 0 Å². The first kappa shape index (κ1) is 13.1. The number of nitrogens with zero attached hydrogens (tertiary/aromatic N) is 2. The van der Waals surface area contributed by atoms with Crippen molar-refractivity contribution in [2.24, 2.45) is 5.92 Å². The van der Waals surface area contributed by atoms with Crippen molar-refractivity contribution in [3.63, 3.8) is 0 Å². The minimum atomic E-state index is 0.723. The Morgan fingerprint density at radius 1 is 1.42 bits per heavy atom. The molecule has 2 atom stereocenters. The Bertz CT molecular complexity index is 488. The van der Waals surface area contributed by atoms with Crippen molar-refractivity contribution in [1.29, 1.82) is 0 Å². The highest BCUT2D eigenvalue weighted by Crippen LogP contribution is 2.26. The minimum absolute atomic E-state index is 0.723. The highest BCUT2D eigenvalue weighted by atomic mass is 32.1. The Kier molecular flexibility index (Phi) is 4.18. The summed E-state index contributed by atoms with van der Waals surface area (Å²) in [6.07, 6.45) is 12.3. The molecule has 0 aliphatic heterocycles. The third kappa shape index (κ3) is 3.18. The molecule has 1 N–H and O–H groups in total. The first-order valence-electron chi connectivity index (χ1n) is 7.49. The van der Waals surface area contributed by atoms with E-state index in [1.807, 2.05) is 0 Å². The van der Waals surface area contributed by atoms with Crippen molar-refractivity contribution in [3.8, 4) is 0 Å². The van der Waals surface area contributed by atoms with Crippen LogP contribution in [0.3, 0.4) is 0 Å². The summed E-state index contributed by atoms with van der Waals surface area (Å²) in [6, 6.07) is 0.723. The highest BCUT2D eigenvalue weighted by molar-refractivity contribution is 7.15. The Morgan fingerprint density at radius 3 is 3.16 bits per heavy atom. The third-order valence-corrected chi connectivity index (χ3v) is 4.94. The molecule has 0 spiro atoms. The summed E-state index contributed by atoms with van der Waals surface area (Å²) in [7, 11) is 0. The summed E-state index contributed by atoms with van der Waals surface area (Å²) in [4.78, 5) is 5.86. The summed E-state index contributed by atoms with van der Waals surface area (Å²) in [5.74, 6) is 0.802. The van der Waals surface area contributed by atoms with Crippen LogP contribution in [0.15, 0.2) is 17.8 Å². The van der Waals surface area contributed by atoms with E-state index in [0.717, 1.165) is 29.9 Å². The summed E-state index contributed by atoms with van der Waals surface area (Å²) < 4.78 is 2.15. The Labute approximate surface area is 119 Å². The number of hydrogen-bond donors (Lipinski definition) is 1. The van der Waals surface area contributed by atoms with Gasteiger partial charge in [0.2, 0.25) is 0 Å². The lowest BCUT2D eigenvalue weighted by molar-refractivity contribution is 0.387. The zero-order chi connectivity index (χ0) is 13.1. The first-order valence-corrected chi connectivity index (χ1v) is 8.37. The monoisotopic (exact) mass is 277 g/mol. The molecule has 104 valence electrons. The zero-order valence-corrected chi connectivity index (χ0v) is 12.5. The van der Waals surface area contributed by atoms with Gasteiger partial charge in [0.05, 0.1) is 5.69 Å². The van der Waals surface area contributed by atoms with Crippen molar-refractivity contribution < 1.29 is 0 Å². The number of thiazole rings is 1. The molecule has 4 heteroatoms. The van der Waals surface area contributed by atoms with E-state index in [4.69, 9.17) is 4.98 Å². The van der Waals surface area contributed by atoms with Crippen LogP contribution in [0.2, 0.25) is 0 Å². The first-order chi connectivity index (χ1) is 9.35. The van der Waals surface area contributed by atoms with E-state index in [1.165, 1.54) is 37.8 Å². The van der Waals surface area contributed by atoms with Crippen LogP contribution in [-0.4, -0.2) is 22.0 Å². The average Bonchev–Trinajstić information content (AvgIpc) is 2.87. The second-order valence-electron chi connectivity index (χ2n) is 5.67. The van der Waals surface area contributed by atoms with Gasteiger partial charge in [0.25, 0.3) is 0 Å². The molecule has 2 aromatic rings. The van der Waals surface area contributed by atoms with E-state index < -0.39 is 0 Å². The number of fused-ring (bicyclic) bond motifs is 1. The molecular weight excluding hydrogens is 254 g/mol. The van der Waals surface area contributed by atoms with Crippen LogP contribution in [0, 0.1) is 5.92 Å². The van der Waals surface area contributed by atoms with Gasteiger partial charge in [-0.15, -0.1) is 11.3 Å². The van der Waals surface area contributed by atoms with Gasteiger partial charge in [-0.25, -0.2) is 4.98 Å². The molecule has 3 rings (SSSR count). The quantitative estimate of drug-likeness (QED) is 0.867. The molecule has 2 aromatic heterocycles. The Morgan fingerprint density at radius 2 is 2.32 bits per heavy atom. The molecule has 2 heterocycles. The van der Waals surface area contributed by atoms with Crippen LogP contribution in [0.4, 0.5) is 0 Å². The molecule has 0 aromatic carbocycles. The molecule has 0 radical (unpaired) electrons. The van der Waals surface area contributed by atoms with Gasteiger partial charge in [-0.1, -0.05) is 26.2 Å². The van der Waals surface area contributed by atoms with Gasteiger partial charge in [0.1, 0.15) is 0 Å². The zero-order valence-electron chi connectivity index (χ0n) is 11.6. The maximum Gasteiger partial charge on any atom is 0.193 e. The smallest absolute Gasteiger partial charge is 0.193 e. The summed E-state index contributed by atoms with van der Waals surface area (Å²) in [6.45, 7) is 3.31. The summed E-state index contributed by atoms with van der Waals surface area (Å²) >= 11 is 1.72. The molecule has 1 aliphatic carbocycles. The van der Waals surface area contributed by atoms with Crippen LogP contribution >= 0.6 is 11.3 Å². The van der Waals surface area contributed by atoms with Gasteiger partial charge >= 0.3 is 0 Å². The van der Waals surface area contributed by atoms with E-state index in [0.29, 0.717) is 0 Å². The fourth-order valence-electron chi connectivity index (χ4n) is 3.29. The second-order valence-corrected chi connectivity index (χ2v) is 6.54. The average molecular weight is 277 g/mol. The molecule has 19 heavy (non-hydrogen) atoms. The predicted molar refractivity (Wildman–Crippen MR) is 80.8 cm³/mol. The molecule has 1 fully saturated rings. The molecule has 3 nitrogen and oxygen atoms in total. The fourth-order valence-corrected chi connectivity index (χ4v) is 4.01. The fraction of sp³-hybridized carbons (Fsp3) is 0.667. The van der Waals surface area contributed by atoms with Crippen molar-refractivity contribution in [3.05, 3.63) is 23.5 Å². The maximum atomic E-state index is 4.73. The normalized spacial score (nSPS) is 24.7. The van der Waals surface area contributed by atoms with E-state index in [-0.39, 0.29) is 0 Å². The van der Waals surface area contributed by atoms with Crippen molar-refractivity contribution in [2.75, 3.05) is 6.54 Å². The van der Waals surface area contributed by atoms with Crippen LogP contribution < -0.4 is 5.32 Å². The van der Waals surface area contributed by atoms with Crippen LogP contribution in [0.25, 0.3) is 4.96 Å². The molecule has 2 unspecified atom stereocenters. The van der Waals surface area contributed by atoms with Gasteiger partial charge < -0.3 is 5.32 Å². The largest absolute Gasteiger partial charge is 0.314 e. The lowest BCUT2D eigenvalue weighted by Gasteiger charge is -2.19. The Balaban J connectivity index is 1.65. The molecule has 0 amide bonds. The molecule has 0 bridgehead atoms. The molecule has 1 saturated carbocycles. The summed E-state index contributed by atoms with van der Waals surface area (Å²) in [5, 5.41) is 5.73. The van der Waals surface area contributed by atoms with E-state index >= 15 is 0 Å². The molecule has 0 saturated heterocycles. The van der Waals surface area contributed by atoms with Gasteiger partial charge in [0, 0.05) is 23.8 Å². The number of rotatable bonds is 4. The van der Waals surface area contributed by atoms with E-state index in [9.17, 15) is 0 Å². The molecule has 1 aliphatic rings. The van der Waals surface area contributed by atoms with Crippen LogP contribution in [0.1, 0.15) is 44.7 Å². The number of hydrogen-bond acceptors (Lipinski definition) is 3. The third-order valence-electron chi connectivity index (χ3n) is 4.17. The topological polar surface area (TPSA) is 29.3 Å². The van der Waals surface area contributed by atoms with E-state index in [2.05, 4.69) is 34.4 Å². The number of imidazole rings is 1. The minimum Gasteiger partial charge on any atom is -0.314 e. The lowest BCUT2D eigenvalue weighted by Crippen LogP contribution is -2.30. The van der Waals surface area contributed by atoms with E-state index in [1.54, 1.807) is 11.3 Å². The van der Waals surface area contributed by atoms with Gasteiger partial charge in [-0.2, -0.15) is 0 Å². The lowest BCUT2D eigenvalue weighted by atomic mass is 9.93. The summed E-state index contributed by atoms with van der Waals surface area (Å²) in [5.41, 5.74) is 1.27. The Hall–Kier alpha value is -0.870. The SMILES string of the molecule is CCNC1CCCCC(Cc2cn3ccsc3n2)C1. The van der Waals surface area contributed by atoms with Crippen LogP contribution in [-0.2, 0) is 6.42 Å². The highest BCUT2D eigenvalue weighted by Gasteiger charge is 2.20.